The van der Waals surface area contributed by atoms with E-state index in [0.29, 0.717) is 149 Å². The van der Waals surface area contributed by atoms with E-state index in [-0.39, 0.29) is 29.5 Å². The van der Waals surface area contributed by atoms with Gasteiger partial charge in [-0.1, -0.05) is 57.2 Å². The van der Waals surface area contributed by atoms with Crippen LogP contribution in [-0.4, -0.2) is 122 Å². The number of carbonyl (C=O) groups excluding carboxylic acids is 5. The molecule has 0 aromatic rings. The van der Waals surface area contributed by atoms with Crippen molar-refractivity contribution in [3.8, 4) is 0 Å². The van der Waals surface area contributed by atoms with Crippen molar-refractivity contribution in [2.45, 2.75) is 148 Å². The van der Waals surface area contributed by atoms with Gasteiger partial charge in [-0.05, 0) is 109 Å². The number of hydrogen-bond acceptors (Lipinski definition) is 9. The number of carbonyl (C=O) groups is 5. The van der Waals surface area contributed by atoms with Gasteiger partial charge in [-0.3, -0.25) is 24.0 Å². The van der Waals surface area contributed by atoms with Gasteiger partial charge >= 0.3 is 0 Å². The lowest BCUT2D eigenvalue weighted by atomic mass is 10.1. The highest BCUT2D eigenvalue weighted by molar-refractivity contribution is 5.82. The van der Waals surface area contributed by atoms with Crippen molar-refractivity contribution in [2.75, 3.05) is 65.4 Å². The summed E-state index contributed by atoms with van der Waals surface area (Å²) >= 11 is 0. The minimum absolute atomic E-state index is 0.0539. The van der Waals surface area contributed by atoms with Crippen LogP contribution in [0.2, 0.25) is 0 Å². The largest absolute Gasteiger partial charge is 0.355 e. The molecule has 58 heavy (non-hydrogen) atoms. The van der Waals surface area contributed by atoms with E-state index >= 15 is 0 Å². The summed E-state index contributed by atoms with van der Waals surface area (Å²) in [6.07, 6.45) is 24.0. The molecule has 14 nitrogen and oxygen atoms in total. The molecule has 14 heteroatoms. The molecule has 0 heterocycles. The Kier molecular flexibility index (Phi) is 35.3. The van der Waals surface area contributed by atoms with Crippen molar-refractivity contribution in [3.63, 3.8) is 0 Å². The fourth-order valence-corrected chi connectivity index (χ4v) is 6.25. The first kappa shape index (κ1) is 54.4. The Morgan fingerprint density at radius 1 is 0.466 bits per heavy atom. The van der Waals surface area contributed by atoms with Crippen molar-refractivity contribution in [1.29, 1.82) is 0 Å². The van der Waals surface area contributed by atoms with Gasteiger partial charge in [-0.2, -0.15) is 0 Å². The van der Waals surface area contributed by atoms with Gasteiger partial charge in [0.1, 0.15) is 0 Å². The maximum atomic E-state index is 13.5. The molecule has 2 atom stereocenters. The molecule has 5 amide bonds. The van der Waals surface area contributed by atoms with E-state index in [2.05, 4.69) is 49.6 Å². The molecular formula is C44H83N9O5. The summed E-state index contributed by atoms with van der Waals surface area (Å²) in [4.78, 5) is 70.4. The number of allylic oxidation sites excluding steroid dienone is 6. The molecule has 0 aliphatic carbocycles. The molecule has 0 spiro atoms. The summed E-state index contributed by atoms with van der Waals surface area (Å²) in [5.41, 5.74) is 23.0. The quantitative estimate of drug-likeness (QED) is 0.0393. The van der Waals surface area contributed by atoms with Crippen molar-refractivity contribution < 1.29 is 24.0 Å². The Morgan fingerprint density at radius 3 is 1.09 bits per heavy atom. The third-order valence-corrected chi connectivity index (χ3v) is 9.72. The number of unbranched alkanes of at least 4 members (excludes halogenated alkanes) is 1. The Bertz CT molecular complexity index is 1200. The average molecular weight is 818 g/mol. The second-order valence-electron chi connectivity index (χ2n) is 14.8. The summed E-state index contributed by atoms with van der Waals surface area (Å²) in [6, 6.07) is -1.19. The van der Waals surface area contributed by atoms with Crippen LogP contribution in [0.3, 0.4) is 0 Å². The van der Waals surface area contributed by atoms with Gasteiger partial charge in [-0.25, -0.2) is 0 Å². The summed E-state index contributed by atoms with van der Waals surface area (Å²) in [5, 5.41) is 5.77. The Balaban J connectivity index is 5.52. The van der Waals surface area contributed by atoms with Gasteiger partial charge in [-0.15, -0.1) is 0 Å². The lowest BCUT2D eigenvalue weighted by molar-refractivity contribution is -0.133. The normalized spacial score (nSPS) is 12.6. The van der Waals surface area contributed by atoms with Gasteiger partial charge in [0.05, 0.1) is 12.1 Å². The minimum atomic E-state index is -0.597. The predicted octanol–water partition coefficient (Wildman–Crippen LogP) is 4.03. The summed E-state index contributed by atoms with van der Waals surface area (Å²) in [6.45, 7) is 11.1. The van der Waals surface area contributed by atoms with Crippen LogP contribution in [0.1, 0.15) is 136 Å². The smallest absolute Gasteiger partial charge is 0.236 e. The standard InChI is InChI=1S/C44H83N9O5/c1-4-7-10-13-25-40(54)51(34-20-30-49-43(57)38(47)23-18-28-45)32-16-17-33-52(41(55)26-14-11-8-5-2)36-22-37-53(42(56)27-15-12-9-6-3)35-21-31-50-44(58)39(48)24-19-29-46/h7-12,38-39H,4-6,13-37,45-48H2,1-3H3,(H,49,57)(H,50,58)/b10-7-,11-8-,12-9-/t38-,39-/m0/s1. The highest BCUT2D eigenvalue weighted by Gasteiger charge is 2.19. The number of rotatable bonds is 37. The van der Waals surface area contributed by atoms with E-state index < -0.39 is 12.1 Å². The van der Waals surface area contributed by atoms with E-state index in [1.165, 1.54) is 0 Å². The number of nitrogens with zero attached hydrogens (tertiary/aromatic N) is 3. The monoisotopic (exact) mass is 818 g/mol. The van der Waals surface area contributed by atoms with Crippen LogP contribution in [0.5, 0.6) is 0 Å². The van der Waals surface area contributed by atoms with Crippen LogP contribution < -0.4 is 33.6 Å². The van der Waals surface area contributed by atoms with Crippen molar-refractivity contribution >= 4 is 29.5 Å². The molecule has 0 saturated heterocycles. The molecule has 0 saturated carbocycles. The van der Waals surface area contributed by atoms with Crippen LogP contribution in [0.15, 0.2) is 36.5 Å². The van der Waals surface area contributed by atoms with E-state index in [1.54, 1.807) is 0 Å². The fourth-order valence-electron chi connectivity index (χ4n) is 6.25. The summed E-state index contributed by atoms with van der Waals surface area (Å²) in [7, 11) is 0. The third-order valence-electron chi connectivity index (χ3n) is 9.72. The maximum Gasteiger partial charge on any atom is 0.236 e. The van der Waals surface area contributed by atoms with Gasteiger partial charge < -0.3 is 48.3 Å². The zero-order chi connectivity index (χ0) is 43.2. The number of hydrogen-bond donors (Lipinski definition) is 6. The first-order chi connectivity index (χ1) is 28.1. The van der Waals surface area contributed by atoms with Crippen molar-refractivity contribution in [3.05, 3.63) is 36.5 Å². The fraction of sp³-hybridized carbons (Fsp3) is 0.750. The van der Waals surface area contributed by atoms with Crippen LogP contribution in [-0.2, 0) is 24.0 Å². The van der Waals surface area contributed by atoms with Gasteiger partial charge in [0, 0.05) is 71.6 Å². The number of nitrogens with two attached hydrogens (primary N) is 4. The molecule has 0 aromatic carbocycles. The van der Waals surface area contributed by atoms with E-state index in [4.69, 9.17) is 22.9 Å². The highest BCUT2D eigenvalue weighted by Crippen LogP contribution is 2.10. The van der Waals surface area contributed by atoms with Crippen LogP contribution in [0, 0.1) is 0 Å². The second-order valence-corrected chi connectivity index (χ2v) is 14.8. The van der Waals surface area contributed by atoms with Crippen molar-refractivity contribution in [1.82, 2.24) is 25.3 Å². The van der Waals surface area contributed by atoms with Gasteiger partial charge in [0.25, 0.3) is 0 Å². The molecule has 0 aliphatic rings. The highest BCUT2D eigenvalue weighted by atomic mass is 16.2. The van der Waals surface area contributed by atoms with Gasteiger partial charge in [0.15, 0.2) is 0 Å². The average Bonchev–Trinajstić information content (AvgIpc) is 3.22. The number of amides is 5. The van der Waals surface area contributed by atoms with Gasteiger partial charge in [0.2, 0.25) is 29.5 Å². The number of nitrogens with one attached hydrogen (secondary N) is 2. The molecular weight excluding hydrogens is 735 g/mol. The zero-order valence-corrected chi connectivity index (χ0v) is 36.6. The molecule has 0 fully saturated rings. The topological polar surface area (TPSA) is 223 Å². The maximum absolute atomic E-state index is 13.5. The molecule has 0 bridgehead atoms. The van der Waals surface area contributed by atoms with E-state index in [1.807, 2.05) is 32.9 Å². The molecule has 334 valence electrons. The van der Waals surface area contributed by atoms with Crippen molar-refractivity contribution in [2.24, 2.45) is 22.9 Å². The molecule has 0 unspecified atom stereocenters. The first-order valence-corrected chi connectivity index (χ1v) is 22.3. The zero-order valence-electron chi connectivity index (χ0n) is 36.6. The molecule has 0 aromatic heterocycles. The minimum Gasteiger partial charge on any atom is -0.355 e. The Hall–Kier alpha value is -3.59. The molecule has 0 aliphatic heterocycles. The lowest BCUT2D eigenvalue weighted by Gasteiger charge is -2.27. The van der Waals surface area contributed by atoms with Crippen LogP contribution in [0.25, 0.3) is 0 Å². The summed E-state index contributed by atoms with van der Waals surface area (Å²) in [5.74, 6) is -0.206. The third kappa shape index (κ3) is 28.8. The first-order valence-electron chi connectivity index (χ1n) is 22.3. The SMILES string of the molecule is CC/C=C\CCC(=O)N(CCCCN(CCCN(CCCNC(=O)[C@@H](N)CCCN)C(=O)CC/C=C\CC)C(=O)CC/C=C\CC)CCCNC(=O)[C@@H](N)CCCN. The Morgan fingerprint density at radius 2 is 0.776 bits per heavy atom. The van der Waals surface area contributed by atoms with Crippen LogP contribution >= 0.6 is 0 Å². The molecule has 0 rings (SSSR count). The van der Waals surface area contributed by atoms with E-state index in [9.17, 15) is 24.0 Å². The summed E-state index contributed by atoms with van der Waals surface area (Å²) < 4.78 is 0. The molecule has 0 radical (unpaired) electrons. The molecule has 10 N–H and O–H groups in total. The van der Waals surface area contributed by atoms with Crippen LogP contribution in [0.4, 0.5) is 0 Å². The van der Waals surface area contributed by atoms with E-state index in [0.717, 1.165) is 32.1 Å². The predicted molar refractivity (Wildman–Crippen MR) is 237 cm³/mol. The lowest BCUT2D eigenvalue weighted by Crippen LogP contribution is -2.42. The Labute approximate surface area is 351 Å². The second kappa shape index (κ2) is 37.7.